The van der Waals surface area contributed by atoms with Crippen LogP contribution in [0, 0.1) is 0 Å². The molecule has 1 amide bonds. The summed E-state index contributed by atoms with van der Waals surface area (Å²) < 4.78 is 51.3. The van der Waals surface area contributed by atoms with Crippen LogP contribution in [0.4, 0.5) is 19.3 Å². The molecule has 0 fully saturated rings. The molecule has 0 unspecified atom stereocenters. The van der Waals surface area contributed by atoms with Gasteiger partial charge in [0.05, 0.1) is 11.5 Å². The van der Waals surface area contributed by atoms with Crippen molar-refractivity contribution in [3.05, 3.63) is 24.3 Å². The first-order chi connectivity index (χ1) is 8.37. The zero-order chi connectivity index (χ0) is 13.8. The zero-order valence-electron chi connectivity index (χ0n) is 9.39. The van der Waals surface area contributed by atoms with E-state index < -0.39 is 26.6 Å². The van der Waals surface area contributed by atoms with E-state index in [9.17, 15) is 22.0 Å². The van der Waals surface area contributed by atoms with Gasteiger partial charge in [-0.05, 0) is 31.2 Å². The fourth-order valence-corrected chi connectivity index (χ4v) is 1.84. The molecule has 5 nitrogen and oxygen atoms in total. The van der Waals surface area contributed by atoms with Gasteiger partial charge < -0.3 is 4.74 Å². The van der Waals surface area contributed by atoms with Crippen molar-refractivity contribution in [3.8, 4) is 0 Å². The molecule has 0 aromatic heterocycles. The second-order valence-corrected chi connectivity index (χ2v) is 5.09. The third kappa shape index (κ3) is 3.39. The maximum absolute atomic E-state index is 12.2. The molecule has 0 atom stereocenters. The summed E-state index contributed by atoms with van der Waals surface area (Å²) in [5.74, 6) is -3.47. The molecule has 0 aliphatic carbocycles. The van der Waals surface area contributed by atoms with Crippen LogP contribution in [-0.4, -0.2) is 26.9 Å². The molecule has 18 heavy (non-hydrogen) atoms. The molecule has 1 rings (SSSR count). The monoisotopic (exact) mass is 279 g/mol. The maximum Gasteiger partial charge on any atom is 0.411 e. The number of benzene rings is 1. The standard InChI is InChI=1S/C10H11F2NO4S/c1-2-17-10(14)13-7-3-5-8(6-4-7)18(15,16)9(11)12/h3-6,9H,2H2,1H3,(H,13,14). The van der Waals surface area contributed by atoms with Gasteiger partial charge in [0, 0.05) is 5.69 Å². The average Bonchev–Trinajstić information content (AvgIpc) is 2.29. The number of nitrogens with one attached hydrogen (secondary N) is 1. The highest BCUT2D eigenvalue weighted by Crippen LogP contribution is 2.20. The van der Waals surface area contributed by atoms with Gasteiger partial charge >= 0.3 is 11.9 Å². The lowest BCUT2D eigenvalue weighted by Gasteiger charge is -2.06. The van der Waals surface area contributed by atoms with Crippen molar-refractivity contribution in [1.82, 2.24) is 0 Å². The van der Waals surface area contributed by atoms with Crippen LogP contribution in [0.5, 0.6) is 0 Å². The Morgan fingerprint density at radius 1 is 1.33 bits per heavy atom. The predicted octanol–water partition coefficient (Wildman–Crippen LogP) is 2.25. The van der Waals surface area contributed by atoms with Crippen LogP contribution in [-0.2, 0) is 14.6 Å². The molecule has 8 heteroatoms. The minimum atomic E-state index is -4.61. The highest BCUT2D eigenvalue weighted by molar-refractivity contribution is 7.91. The van der Waals surface area contributed by atoms with E-state index in [2.05, 4.69) is 10.1 Å². The van der Waals surface area contributed by atoms with E-state index in [1.165, 1.54) is 12.1 Å². The van der Waals surface area contributed by atoms with Gasteiger partial charge in [-0.2, -0.15) is 8.78 Å². The third-order valence-corrected chi connectivity index (χ3v) is 3.34. The minimum Gasteiger partial charge on any atom is -0.450 e. The van der Waals surface area contributed by atoms with E-state index in [0.29, 0.717) is 0 Å². The molecule has 0 saturated carbocycles. The van der Waals surface area contributed by atoms with Gasteiger partial charge in [0.2, 0.25) is 9.84 Å². The number of sulfone groups is 1. The fourth-order valence-electron chi connectivity index (χ4n) is 1.12. The molecule has 1 aromatic carbocycles. The molecule has 0 aliphatic heterocycles. The largest absolute Gasteiger partial charge is 0.450 e. The lowest BCUT2D eigenvalue weighted by atomic mass is 10.3. The van der Waals surface area contributed by atoms with Gasteiger partial charge in [-0.3, -0.25) is 5.32 Å². The molecule has 1 N–H and O–H groups in total. The molecule has 100 valence electrons. The van der Waals surface area contributed by atoms with Gasteiger partial charge in [0.15, 0.2) is 0 Å². The summed E-state index contributed by atoms with van der Waals surface area (Å²) in [5, 5.41) is 2.31. The topological polar surface area (TPSA) is 72.5 Å². The van der Waals surface area contributed by atoms with Crippen molar-refractivity contribution in [3.63, 3.8) is 0 Å². The average molecular weight is 279 g/mol. The number of halogens is 2. The maximum atomic E-state index is 12.2. The summed E-state index contributed by atoms with van der Waals surface area (Å²) in [4.78, 5) is 10.5. The van der Waals surface area contributed by atoms with E-state index >= 15 is 0 Å². The van der Waals surface area contributed by atoms with Crippen molar-refractivity contribution in [2.24, 2.45) is 0 Å². The molecule has 0 aliphatic rings. The van der Waals surface area contributed by atoms with E-state index in [0.717, 1.165) is 12.1 Å². The first-order valence-electron chi connectivity index (χ1n) is 4.93. The molecule has 0 radical (unpaired) electrons. The number of ether oxygens (including phenoxy) is 1. The summed E-state index contributed by atoms with van der Waals surface area (Å²) in [5.41, 5.74) is 0.252. The smallest absolute Gasteiger partial charge is 0.411 e. The van der Waals surface area contributed by atoms with Gasteiger partial charge in [0.25, 0.3) is 0 Å². The Kier molecular flexibility index (Phi) is 4.60. The van der Waals surface area contributed by atoms with Gasteiger partial charge in [0.1, 0.15) is 0 Å². The van der Waals surface area contributed by atoms with Gasteiger partial charge in [-0.1, -0.05) is 0 Å². The Bertz CT molecular complexity index is 513. The first kappa shape index (κ1) is 14.4. The predicted molar refractivity (Wildman–Crippen MR) is 60.3 cm³/mol. The van der Waals surface area contributed by atoms with Crippen molar-refractivity contribution in [1.29, 1.82) is 0 Å². The second-order valence-electron chi connectivity index (χ2n) is 3.18. The van der Waals surface area contributed by atoms with Gasteiger partial charge in [-0.25, -0.2) is 13.2 Å². The van der Waals surface area contributed by atoms with E-state index in [-0.39, 0.29) is 12.3 Å². The Labute approximate surface area is 103 Å². The van der Waals surface area contributed by atoms with Crippen LogP contribution in [0.3, 0.4) is 0 Å². The summed E-state index contributed by atoms with van der Waals surface area (Å²) in [7, 11) is -4.61. The number of hydrogen-bond acceptors (Lipinski definition) is 4. The van der Waals surface area contributed by atoms with E-state index in [1.807, 2.05) is 0 Å². The lowest BCUT2D eigenvalue weighted by molar-refractivity contribution is 0.168. The van der Waals surface area contributed by atoms with Crippen LogP contribution in [0.15, 0.2) is 29.2 Å². The number of hydrogen-bond donors (Lipinski definition) is 1. The summed E-state index contributed by atoms with van der Waals surface area (Å²) in [6, 6.07) is 4.38. The summed E-state index contributed by atoms with van der Waals surface area (Å²) >= 11 is 0. The van der Waals surface area contributed by atoms with E-state index in [4.69, 9.17) is 0 Å². The molecular weight excluding hydrogens is 268 g/mol. The molecule has 0 bridgehead atoms. The van der Waals surface area contributed by atoms with Crippen LogP contribution in [0.25, 0.3) is 0 Å². The van der Waals surface area contributed by atoms with Crippen molar-refractivity contribution < 1.29 is 26.7 Å². The second kappa shape index (κ2) is 5.76. The minimum absolute atomic E-state index is 0.184. The quantitative estimate of drug-likeness (QED) is 0.917. The molecule has 0 saturated heterocycles. The van der Waals surface area contributed by atoms with Crippen molar-refractivity contribution in [2.75, 3.05) is 11.9 Å². The van der Waals surface area contributed by atoms with Crippen LogP contribution >= 0.6 is 0 Å². The van der Waals surface area contributed by atoms with Crippen LogP contribution < -0.4 is 5.32 Å². The summed E-state index contributed by atoms with van der Waals surface area (Å²) in [6.45, 7) is 1.81. The van der Waals surface area contributed by atoms with Gasteiger partial charge in [-0.15, -0.1) is 0 Å². The van der Waals surface area contributed by atoms with Crippen LogP contribution in [0.2, 0.25) is 0 Å². The van der Waals surface area contributed by atoms with Crippen molar-refractivity contribution in [2.45, 2.75) is 17.6 Å². The number of rotatable bonds is 4. The Balaban J connectivity index is 2.84. The van der Waals surface area contributed by atoms with Crippen LogP contribution in [0.1, 0.15) is 6.92 Å². The lowest BCUT2D eigenvalue weighted by Crippen LogP contribution is -2.14. The number of anilines is 1. The molecule has 0 heterocycles. The normalized spacial score (nSPS) is 11.3. The SMILES string of the molecule is CCOC(=O)Nc1ccc(S(=O)(=O)C(F)F)cc1. The molecule has 1 aromatic rings. The number of carbonyl (C=O) groups is 1. The highest BCUT2D eigenvalue weighted by Gasteiger charge is 2.26. The number of alkyl halides is 2. The third-order valence-electron chi connectivity index (χ3n) is 1.94. The molecular formula is C10H11F2NO4S. The molecule has 0 spiro atoms. The number of amides is 1. The highest BCUT2D eigenvalue weighted by atomic mass is 32.2. The summed E-state index contributed by atoms with van der Waals surface area (Å²) in [6.07, 6.45) is -0.707. The van der Waals surface area contributed by atoms with E-state index in [1.54, 1.807) is 6.92 Å². The Morgan fingerprint density at radius 3 is 2.33 bits per heavy atom. The Hall–Kier alpha value is -1.70. The Morgan fingerprint density at radius 2 is 1.89 bits per heavy atom. The fraction of sp³-hybridized carbons (Fsp3) is 0.300. The number of carbonyl (C=O) groups excluding carboxylic acids is 1. The first-order valence-corrected chi connectivity index (χ1v) is 6.48. The zero-order valence-corrected chi connectivity index (χ0v) is 10.2. The van der Waals surface area contributed by atoms with Crippen molar-refractivity contribution >= 4 is 21.6 Å².